The third kappa shape index (κ3) is 2.89. The highest BCUT2D eigenvalue weighted by molar-refractivity contribution is 9.10. The minimum atomic E-state index is -3.47. The average Bonchev–Trinajstić information content (AvgIpc) is 2.47. The highest BCUT2D eigenvalue weighted by Gasteiger charge is 2.18. The van der Waals surface area contributed by atoms with Crippen molar-refractivity contribution in [3.8, 4) is 17.2 Å². The third-order valence-corrected chi connectivity index (χ3v) is 5.12. The first-order valence-electron chi connectivity index (χ1n) is 5.87. The molecule has 6 heteroatoms. The summed E-state index contributed by atoms with van der Waals surface area (Å²) in [5, 5.41) is 8.99. The SMILES string of the molecule is CCS(=O)(=O)c1cc(-c2ccc(Br)cc2)cnc1C#N. The van der Waals surface area contributed by atoms with Gasteiger partial charge in [-0.25, -0.2) is 13.4 Å². The summed E-state index contributed by atoms with van der Waals surface area (Å²) in [6, 6.07) is 10.8. The molecule has 0 aliphatic heterocycles. The number of benzene rings is 1. The van der Waals surface area contributed by atoms with Crippen molar-refractivity contribution in [3.05, 3.63) is 46.7 Å². The Labute approximate surface area is 126 Å². The molecule has 0 amide bonds. The van der Waals surface area contributed by atoms with Crippen molar-refractivity contribution in [2.75, 3.05) is 5.75 Å². The minimum Gasteiger partial charge on any atom is -0.244 e. The summed E-state index contributed by atoms with van der Waals surface area (Å²) >= 11 is 3.34. The van der Waals surface area contributed by atoms with E-state index in [9.17, 15) is 8.42 Å². The van der Waals surface area contributed by atoms with Crippen LogP contribution in [0.15, 0.2) is 45.9 Å². The predicted octanol–water partition coefficient (Wildman–Crippen LogP) is 3.18. The highest BCUT2D eigenvalue weighted by atomic mass is 79.9. The summed E-state index contributed by atoms with van der Waals surface area (Å²) in [5.74, 6) is -0.0624. The molecule has 20 heavy (non-hydrogen) atoms. The van der Waals surface area contributed by atoms with Crippen molar-refractivity contribution >= 4 is 25.8 Å². The lowest BCUT2D eigenvalue weighted by molar-refractivity contribution is 0.596. The Morgan fingerprint density at radius 2 is 1.90 bits per heavy atom. The van der Waals surface area contributed by atoms with Crippen LogP contribution in [-0.2, 0) is 9.84 Å². The number of pyridine rings is 1. The molecule has 0 N–H and O–H groups in total. The van der Waals surface area contributed by atoms with E-state index in [0.717, 1.165) is 10.0 Å². The summed E-state index contributed by atoms with van der Waals surface area (Å²) in [5.41, 5.74) is 1.45. The number of hydrogen-bond acceptors (Lipinski definition) is 4. The first kappa shape index (κ1) is 14.7. The molecule has 0 aliphatic carbocycles. The van der Waals surface area contributed by atoms with Crippen molar-refractivity contribution in [1.82, 2.24) is 4.98 Å². The second-order valence-corrected chi connectivity index (χ2v) is 7.26. The Bertz CT molecular complexity index is 778. The van der Waals surface area contributed by atoms with Crippen LogP contribution in [0.5, 0.6) is 0 Å². The van der Waals surface area contributed by atoms with Crippen LogP contribution < -0.4 is 0 Å². The molecule has 0 spiro atoms. The van der Waals surface area contributed by atoms with Crippen LogP contribution in [0.3, 0.4) is 0 Å². The number of sulfone groups is 1. The van der Waals surface area contributed by atoms with Gasteiger partial charge in [-0.05, 0) is 23.8 Å². The van der Waals surface area contributed by atoms with E-state index >= 15 is 0 Å². The van der Waals surface area contributed by atoms with Crippen molar-refractivity contribution in [2.45, 2.75) is 11.8 Å². The molecule has 4 nitrogen and oxygen atoms in total. The zero-order valence-electron chi connectivity index (χ0n) is 10.7. The Hall–Kier alpha value is -1.71. The molecule has 2 aromatic rings. The molecule has 2 rings (SSSR count). The highest BCUT2D eigenvalue weighted by Crippen LogP contribution is 2.25. The molecule has 1 aromatic heterocycles. The van der Waals surface area contributed by atoms with Crippen molar-refractivity contribution in [2.24, 2.45) is 0 Å². The Morgan fingerprint density at radius 1 is 1.25 bits per heavy atom. The van der Waals surface area contributed by atoms with Crippen LogP contribution >= 0.6 is 15.9 Å². The predicted molar refractivity (Wildman–Crippen MR) is 79.8 cm³/mol. The lowest BCUT2D eigenvalue weighted by Crippen LogP contribution is -2.07. The smallest absolute Gasteiger partial charge is 0.181 e. The first-order valence-corrected chi connectivity index (χ1v) is 8.31. The van der Waals surface area contributed by atoms with Gasteiger partial charge in [-0.3, -0.25) is 0 Å². The monoisotopic (exact) mass is 350 g/mol. The topological polar surface area (TPSA) is 70.8 Å². The average molecular weight is 351 g/mol. The van der Waals surface area contributed by atoms with E-state index in [4.69, 9.17) is 5.26 Å². The fraction of sp³-hybridized carbons (Fsp3) is 0.143. The van der Waals surface area contributed by atoms with Gasteiger partial charge in [0, 0.05) is 16.2 Å². The van der Waals surface area contributed by atoms with E-state index in [-0.39, 0.29) is 16.3 Å². The largest absolute Gasteiger partial charge is 0.244 e. The second kappa shape index (κ2) is 5.73. The van der Waals surface area contributed by atoms with E-state index in [1.807, 2.05) is 30.3 Å². The number of aromatic nitrogens is 1. The van der Waals surface area contributed by atoms with Gasteiger partial charge in [0.05, 0.1) is 5.75 Å². The van der Waals surface area contributed by atoms with Crippen molar-refractivity contribution < 1.29 is 8.42 Å². The van der Waals surface area contributed by atoms with E-state index in [1.165, 1.54) is 12.3 Å². The molecule has 0 bridgehead atoms. The Balaban J connectivity index is 2.62. The molecule has 0 aliphatic rings. The maximum Gasteiger partial charge on any atom is 0.181 e. The fourth-order valence-corrected chi connectivity index (χ4v) is 3.00. The summed E-state index contributed by atoms with van der Waals surface area (Å²) in [6.45, 7) is 1.54. The van der Waals surface area contributed by atoms with E-state index in [0.29, 0.717) is 5.56 Å². The summed E-state index contributed by atoms with van der Waals surface area (Å²) in [7, 11) is -3.47. The van der Waals surface area contributed by atoms with Crippen LogP contribution in [0, 0.1) is 11.3 Å². The molecule has 0 saturated carbocycles. The van der Waals surface area contributed by atoms with Gasteiger partial charge in [0.2, 0.25) is 0 Å². The number of halogens is 1. The van der Waals surface area contributed by atoms with Gasteiger partial charge in [0.15, 0.2) is 15.5 Å². The van der Waals surface area contributed by atoms with Crippen molar-refractivity contribution in [3.63, 3.8) is 0 Å². The molecule has 0 saturated heterocycles. The van der Waals surface area contributed by atoms with Gasteiger partial charge in [0.1, 0.15) is 11.0 Å². The van der Waals surface area contributed by atoms with Crippen molar-refractivity contribution in [1.29, 1.82) is 5.26 Å². The van der Waals surface area contributed by atoms with Gasteiger partial charge in [-0.2, -0.15) is 5.26 Å². The molecule has 0 unspecified atom stereocenters. The van der Waals surface area contributed by atoms with E-state index in [2.05, 4.69) is 20.9 Å². The van der Waals surface area contributed by atoms with Gasteiger partial charge >= 0.3 is 0 Å². The Kier molecular flexibility index (Phi) is 4.21. The number of hydrogen-bond donors (Lipinski definition) is 0. The molecule has 102 valence electrons. The summed E-state index contributed by atoms with van der Waals surface area (Å²) in [6.07, 6.45) is 1.51. The molecule has 1 aromatic carbocycles. The zero-order valence-corrected chi connectivity index (χ0v) is 13.1. The standard InChI is InChI=1S/C14H11BrN2O2S/c1-2-20(18,19)14-7-11(9-17-13(14)8-16)10-3-5-12(15)6-4-10/h3-7,9H,2H2,1H3. The van der Waals surface area contributed by atoms with Crippen LogP contribution in [0.1, 0.15) is 12.6 Å². The van der Waals surface area contributed by atoms with Gasteiger partial charge < -0.3 is 0 Å². The van der Waals surface area contributed by atoms with Crippen LogP contribution in [-0.4, -0.2) is 19.2 Å². The number of nitrogens with zero attached hydrogens (tertiary/aromatic N) is 2. The quantitative estimate of drug-likeness (QED) is 0.852. The van der Waals surface area contributed by atoms with E-state index in [1.54, 1.807) is 6.92 Å². The second-order valence-electron chi connectivity index (χ2n) is 4.09. The van der Waals surface area contributed by atoms with Crippen LogP contribution in [0.2, 0.25) is 0 Å². The number of nitriles is 1. The zero-order chi connectivity index (χ0) is 14.8. The van der Waals surface area contributed by atoms with Gasteiger partial charge in [0.25, 0.3) is 0 Å². The lowest BCUT2D eigenvalue weighted by atomic mass is 10.1. The minimum absolute atomic E-state index is 0.0112. The Morgan fingerprint density at radius 3 is 2.45 bits per heavy atom. The first-order chi connectivity index (χ1) is 9.47. The molecular formula is C14H11BrN2O2S. The normalized spacial score (nSPS) is 11.1. The lowest BCUT2D eigenvalue weighted by Gasteiger charge is -2.07. The van der Waals surface area contributed by atoms with Crippen LogP contribution in [0.4, 0.5) is 0 Å². The van der Waals surface area contributed by atoms with Crippen LogP contribution in [0.25, 0.3) is 11.1 Å². The molecule has 0 radical (unpaired) electrons. The van der Waals surface area contributed by atoms with E-state index < -0.39 is 9.84 Å². The van der Waals surface area contributed by atoms with Gasteiger partial charge in [-0.15, -0.1) is 0 Å². The van der Waals surface area contributed by atoms with Gasteiger partial charge in [-0.1, -0.05) is 35.0 Å². The molecular weight excluding hydrogens is 340 g/mol. The molecule has 0 fully saturated rings. The summed E-state index contributed by atoms with van der Waals surface area (Å²) < 4.78 is 25.0. The number of rotatable bonds is 3. The maximum absolute atomic E-state index is 12.0. The molecule has 1 heterocycles. The summed E-state index contributed by atoms with van der Waals surface area (Å²) in [4.78, 5) is 3.95. The third-order valence-electron chi connectivity index (χ3n) is 2.85. The molecule has 0 atom stereocenters. The fourth-order valence-electron chi connectivity index (χ4n) is 1.72. The maximum atomic E-state index is 12.0.